The largest absolute Gasteiger partial charge is 1.00 e. The third-order valence-electron chi connectivity index (χ3n) is 1.84. The normalized spacial score (nSPS) is 28.1. The Morgan fingerprint density at radius 3 is 2.40 bits per heavy atom. The molecule has 0 bridgehead atoms. The van der Waals surface area contributed by atoms with Crippen molar-refractivity contribution in [3.8, 4) is 0 Å². The van der Waals surface area contributed by atoms with Crippen LogP contribution in [0, 0.1) is 11.5 Å². The number of hydrogen-bond acceptors (Lipinski definition) is 1. The van der Waals surface area contributed by atoms with Gasteiger partial charge in [-0.1, -0.05) is 26.4 Å². The van der Waals surface area contributed by atoms with Crippen molar-refractivity contribution in [2.45, 2.75) is 26.4 Å². The van der Waals surface area contributed by atoms with Crippen molar-refractivity contribution >= 4 is 0 Å². The van der Waals surface area contributed by atoms with E-state index < -0.39 is 0 Å². The Morgan fingerprint density at radius 1 is 1.60 bits per heavy atom. The van der Waals surface area contributed by atoms with Crippen LogP contribution < -0.4 is 18.9 Å². The van der Waals surface area contributed by atoms with Crippen LogP contribution >= 0.6 is 0 Å². The predicted octanol–water partition coefficient (Wildman–Crippen LogP) is -1.21. The maximum Gasteiger partial charge on any atom is 1.00 e. The van der Waals surface area contributed by atoms with Gasteiger partial charge < -0.3 is 10.8 Å². The number of ether oxygens (including phenoxy) is 1. The number of rotatable bonds is 1. The molecular formula is C8H13LiO. The molecule has 0 aromatic rings. The van der Waals surface area contributed by atoms with Crippen LogP contribution in [-0.4, -0.2) is 13.2 Å². The van der Waals surface area contributed by atoms with E-state index in [2.05, 4.69) is 26.0 Å². The summed E-state index contributed by atoms with van der Waals surface area (Å²) < 4.78 is 5.18. The van der Waals surface area contributed by atoms with E-state index in [0.717, 1.165) is 6.42 Å². The van der Waals surface area contributed by atoms with Crippen LogP contribution in [0.1, 0.15) is 20.3 Å². The summed E-state index contributed by atoms with van der Waals surface area (Å²) in [5, 5.41) is 0. The molecule has 0 radical (unpaired) electrons. The van der Waals surface area contributed by atoms with Gasteiger partial charge >= 0.3 is 18.9 Å². The molecule has 0 fully saturated rings. The van der Waals surface area contributed by atoms with Crippen molar-refractivity contribution in [2.24, 2.45) is 5.41 Å². The van der Waals surface area contributed by atoms with E-state index in [1.807, 2.05) is 0 Å². The molecule has 52 valence electrons. The molecule has 0 aliphatic heterocycles. The first-order valence-corrected chi connectivity index (χ1v) is 3.27. The van der Waals surface area contributed by atoms with Gasteiger partial charge in [0.05, 0.1) is 0 Å². The minimum Gasteiger partial charge on any atom is -0.470 e. The average molecular weight is 132 g/mol. The molecule has 1 unspecified atom stereocenters. The molecule has 0 saturated carbocycles. The second-order valence-corrected chi connectivity index (χ2v) is 3.18. The van der Waals surface area contributed by atoms with Gasteiger partial charge in [0, 0.05) is 7.11 Å². The van der Waals surface area contributed by atoms with E-state index in [-0.39, 0.29) is 30.4 Å². The van der Waals surface area contributed by atoms with Crippen LogP contribution in [0.3, 0.4) is 0 Å². The van der Waals surface area contributed by atoms with Crippen molar-refractivity contribution < 1.29 is 23.6 Å². The second kappa shape index (κ2) is 3.62. The fraction of sp³-hybridized carbons (Fsp3) is 0.750. The van der Waals surface area contributed by atoms with Crippen LogP contribution in [-0.2, 0) is 4.74 Å². The first-order valence-electron chi connectivity index (χ1n) is 3.27. The monoisotopic (exact) mass is 132 g/mol. The Bertz CT molecular complexity index is 129. The number of hydrogen-bond donors (Lipinski definition) is 0. The van der Waals surface area contributed by atoms with Crippen molar-refractivity contribution in [3.05, 3.63) is 12.2 Å². The van der Waals surface area contributed by atoms with Crippen molar-refractivity contribution in [1.29, 1.82) is 0 Å². The molecule has 0 N–H and O–H groups in total. The Balaban J connectivity index is 0.000000810. The summed E-state index contributed by atoms with van der Waals surface area (Å²) in [7, 11) is 1.73. The number of methoxy groups -OCH3 is 1. The van der Waals surface area contributed by atoms with Crippen molar-refractivity contribution in [1.82, 2.24) is 0 Å². The summed E-state index contributed by atoms with van der Waals surface area (Å²) in [4.78, 5) is 0. The molecule has 0 amide bonds. The van der Waals surface area contributed by atoms with Gasteiger partial charge in [-0.2, -0.15) is 0 Å². The average Bonchev–Trinajstić information content (AvgIpc) is 2.08. The third-order valence-corrected chi connectivity index (χ3v) is 1.84. The zero-order valence-electron chi connectivity index (χ0n) is 7.27. The summed E-state index contributed by atoms with van der Waals surface area (Å²) in [6.07, 6.45) is 6.51. The van der Waals surface area contributed by atoms with Crippen LogP contribution in [0.2, 0.25) is 0 Å². The predicted molar refractivity (Wildman–Crippen MR) is 37.0 cm³/mol. The van der Waals surface area contributed by atoms with Gasteiger partial charge in [0.1, 0.15) is 0 Å². The molecule has 2 heteroatoms. The summed E-state index contributed by atoms with van der Waals surface area (Å²) in [6, 6.07) is 0. The molecule has 1 rings (SSSR count). The summed E-state index contributed by atoms with van der Waals surface area (Å²) in [5.74, 6) is 0. The zero-order chi connectivity index (χ0) is 6.91. The standard InChI is InChI=1S/C8H13O.Li/c1-8(2)6-4-5-7(8)9-3;/h4,7H,6H2,1-3H3;/q-1;+1. The van der Waals surface area contributed by atoms with E-state index in [9.17, 15) is 0 Å². The molecule has 0 aromatic carbocycles. The molecule has 1 nitrogen and oxygen atoms in total. The van der Waals surface area contributed by atoms with Crippen LogP contribution in [0.15, 0.2) is 6.08 Å². The zero-order valence-corrected chi connectivity index (χ0v) is 7.27. The molecule has 0 saturated heterocycles. The molecule has 0 spiro atoms. The maximum absolute atomic E-state index is 5.18. The van der Waals surface area contributed by atoms with Gasteiger partial charge in [-0.15, -0.1) is 0 Å². The minimum absolute atomic E-state index is 0. The van der Waals surface area contributed by atoms with E-state index in [1.165, 1.54) is 0 Å². The van der Waals surface area contributed by atoms with Gasteiger partial charge in [-0.25, -0.2) is 0 Å². The van der Waals surface area contributed by atoms with E-state index in [4.69, 9.17) is 4.74 Å². The SMILES string of the molecule is COC1[C-]=CCC1(C)C.[Li+]. The molecular weight excluding hydrogens is 119 g/mol. The van der Waals surface area contributed by atoms with Crippen LogP contribution in [0.4, 0.5) is 0 Å². The maximum atomic E-state index is 5.18. The third kappa shape index (κ3) is 1.89. The van der Waals surface area contributed by atoms with Crippen molar-refractivity contribution in [2.75, 3.05) is 7.11 Å². The fourth-order valence-corrected chi connectivity index (χ4v) is 1.15. The minimum atomic E-state index is 0. The topological polar surface area (TPSA) is 9.23 Å². The smallest absolute Gasteiger partial charge is 0.470 e. The molecule has 1 aliphatic carbocycles. The van der Waals surface area contributed by atoms with Gasteiger partial charge in [0.25, 0.3) is 0 Å². The number of allylic oxidation sites excluding steroid dienone is 1. The molecule has 0 heterocycles. The van der Waals surface area contributed by atoms with E-state index in [0.29, 0.717) is 0 Å². The van der Waals surface area contributed by atoms with Crippen LogP contribution in [0.5, 0.6) is 0 Å². The summed E-state index contributed by atoms with van der Waals surface area (Å²) in [5.41, 5.74) is 0.273. The Hall–Kier alpha value is 0.297. The van der Waals surface area contributed by atoms with Gasteiger partial charge in [-0.3, -0.25) is 6.08 Å². The summed E-state index contributed by atoms with van der Waals surface area (Å²) >= 11 is 0. The van der Waals surface area contributed by atoms with Gasteiger partial charge in [0.2, 0.25) is 0 Å². The van der Waals surface area contributed by atoms with Gasteiger partial charge in [0.15, 0.2) is 0 Å². The Kier molecular flexibility index (Phi) is 3.73. The quantitative estimate of drug-likeness (QED) is 0.321. The molecule has 1 atom stereocenters. The Morgan fingerprint density at radius 2 is 2.20 bits per heavy atom. The van der Waals surface area contributed by atoms with Gasteiger partial charge in [-0.05, 0) is 5.41 Å². The second-order valence-electron chi connectivity index (χ2n) is 3.18. The van der Waals surface area contributed by atoms with E-state index >= 15 is 0 Å². The fourth-order valence-electron chi connectivity index (χ4n) is 1.15. The van der Waals surface area contributed by atoms with E-state index in [1.54, 1.807) is 7.11 Å². The van der Waals surface area contributed by atoms with Crippen molar-refractivity contribution in [3.63, 3.8) is 0 Å². The molecule has 0 aromatic heterocycles. The summed E-state index contributed by atoms with van der Waals surface area (Å²) in [6.45, 7) is 4.38. The Labute approximate surface area is 75.0 Å². The molecule has 1 aliphatic rings. The van der Waals surface area contributed by atoms with Crippen LogP contribution in [0.25, 0.3) is 0 Å². The molecule has 10 heavy (non-hydrogen) atoms. The first kappa shape index (κ1) is 10.3. The first-order chi connectivity index (χ1) is 4.17.